The second kappa shape index (κ2) is 10.3. The Morgan fingerprint density at radius 1 is 0.676 bits per heavy atom. The molecular weight excluding hydrogens is 460 g/mol. The van der Waals surface area contributed by atoms with Gasteiger partial charge in [-0.3, -0.25) is 14.4 Å². The van der Waals surface area contributed by atoms with E-state index >= 15 is 0 Å². The van der Waals surface area contributed by atoms with E-state index in [2.05, 4.69) is 0 Å². The smallest absolute Gasteiger partial charge is 0.197 e. The molecule has 0 fully saturated rings. The van der Waals surface area contributed by atoms with Crippen LogP contribution in [0.4, 0.5) is 0 Å². The number of aldehydes is 1. The van der Waals surface area contributed by atoms with Gasteiger partial charge in [-0.2, -0.15) is 0 Å². The number of benzene rings is 4. The van der Waals surface area contributed by atoms with Crippen molar-refractivity contribution in [3.05, 3.63) is 149 Å². The number of hydrogen-bond acceptors (Lipinski definition) is 4. The monoisotopic (exact) mass is 482 g/mol. The lowest BCUT2D eigenvalue weighted by molar-refractivity contribution is 0.103. The normalized spacial score (nSPS) is 13.8. The molecule has 0 saturated carbocycles. The van der Waals surface area contributed by atoms with Gasteiger partial charge in [0.1, 0.15) is 5.76 Å². The zero-order valence-electron chi connectivity index (χ0n) is 19.8. The zero-order valence-corrected chi connectivity index (χ0v) is 19.8. The Morgan fingerprint density at radius 3 is 1.86 bits per heavy atom. The van der Waals surface area contributed by atoms with Gasteiger partial charge in [-0.05, 0) is 58.0 Å². The summed E-state index contributed by atoms with van der Waals surface area (Å²) in [7, 11) is 0. The van der Waals surface area contributed by atoms with Gasteiger partial charge >= 0.3 is 0 Å². The lowest BCUT2D eigenvalue weighted by Gasteiger charge is -2.04. The fraction of sp³-hybridized carbons (Fsp3) is 0. The minimum atomic E-state index is -0.254. The van der Waals surface area contributed by atoms with Gasteiger partial charge in [0.2, 0.25) is 0 Å². The minimum Gasteiger partial charge on any atom is -0.507 e. The first-order valence-corrected chi connectivity index (χ1v) is 11.8. The van der Waals surface area contributed by atoms with E-state index < -0.39 is 0 Å². The SMILES string of the molecule is O=Cc1cc2ccccc2cc1C(=O)/C=C/C=C/C=C/C=C/C1=C(O)c2cc3ccccc3cc2C1=O. The summed E-state index contributed by atoms with van der Waals surface area (Å²) in [6, 6.07) is 22.4. The number of Topliss-reactive ketones (excluding diaryl/α,β-unsaturated/α-hetero) is 1. The first kappa shape index (κ1) is 23.6. The molecule has 0 atom stereocenters. The summed E-state index contributed by atoms with van der Waals surface area (Å²) < 4.78 is 0. The Kier molecular flexibility index (Phi) is 6.56. The Balaban J connectivity index is 1.23. The van der Waals surface area contributed by atoms with Crippen LogP contribution >= 0.6 is 0 Å². The van der Waals surface area contributed by atoms with Crippen LogP contribution in [0.1, 0.15) is 36.6 Å². The number of carbonyl (C=O) groups excluding carboxylic acids is 3. The summed E-state index contributed by atoms with van der Waals surface area (Å²) in [6.07, 6.45) is 13.9. The molecule has 4 aromatic rings. The summed E-state index contributed by atoms with van der Waals surface area (Å²) >= 11 is 0. The highest BCUT2D eigenvalue weighted by Crippen LogP contribution is 2.34. The van der Waals surface area contributed by atoms with Gasteiger partial charge in [-0.25, -0.2) is 0 Å². The lowest BCUT2D eigenvalue weighted by atomic mass is 9.98. The molecule has 0 saturated heterocycles. The number of aliphatic hydroxyl groups is 1. The van der Waals surface area contributed by atoms with Gasteiger partial charge in [0.05, 0.1) is 5.57 Å². The molecule has 1 N–H and O–H groups in total. The van der Waals surface area contributed by atoms with Crippen molar-refractivity contribution in [3.63, 3.8) is 0 Å². The van der Waals surface area contributed by atoms with E-state index in [1.807, 2.05) is 60.7 Å². The van der Waals surface area contributed by atoms with Crippen molar-refractivity contribution in [2.45, 2.75) is 0 Å². The summed E-state index contributed by atoms with van der Waals surface area (Å²) in [5.41, 5.74) is 2.02. The highest BCUT2D eigenvalue weighted by molar-refractivity contribution is 6.22. The molecule has 5 rings (SSSR count). The molecule has 37 heavy (non-hydrogen) atoms. The highest BCUT2D eigenvalue weighted by Gasteiger charge is 2.28. The Morgan fingerprint density at radius 2 is 1.22 bits per heavy atom. The number of allylic oxidation sites excluding steroid dienone is 9. The molecule has 0 unspecified atom stereocenters. The fourth-order valence-corrected chi connectivity index (χ4v) is 4.39. The molecule has 0 spiro atoms. The average Bonchev–Trinajstić information content (AvgIpc) is 3.16. The van der Waals surface area contributed by atoms with Crippen molar-refractivity contribution in [1.82, 2.24) is 0 Å². The largest absolute Gasteiger partial charge is 0.507 e. The van der Waals surface area contributed by atoms with E-state index in [1.54, 1.807) is 54.7 Å². The van der Waals surface area contributed by atoms with Gasteiger partial charge < -0.3 is 5.11 Å². The number of carbonyl (C=O) groups is 3. The number of rotatable bonds is 7. The summed E-state index contributed by atoms with van der Waals surface area (Å²) in [4.78, 5) is 36.9. The number of ketones is 2. The van der Waals surface area contributed by atoms with Crippen molar-refractivity contribution in [1.29, 1.82) is 0 Å². The molecule has 178 valence electrons. The van der Waals surface area contributed by atoms with Gasteiger partial charge in [-0.15, -0.1) is 0 Å². The standard InChI is InChI=1S/C33H22O4/c34-21-26-17-22-11-7-8-12-23(22)18-28(26)31(35)16-6-4-2-1-3-5-15-27-32(36)29-19-24-13-9-10-14-25(24)20-30(29)33(27)37/h1-21,36H/b3-1+,4-2+,15-5+,16-6+. The van der Waals surface area contributed by atoms with Crippen LogP contribution in [0.3, 0.4) is 0 Å². The summed E-state index contributed by atoms with van der Waals surface area (Å²) in [5.74, 6) is -0.477. The predicted molar refractivity (Wildman–Crippen MR) is 148 cm³/mol. The summed E-state index contributed by atoms with van der Waals surface area (Å²) in [5, 5.41) is 14.3. The van der Waals surface area contributed by atoms with Gasteiger partial charge in [0.25, 0.3) is 0 Å². The van der Waals surface area contributed by atoms with Gasteiger partial charge in [-0.1, -0.05) is 85.0 Å². The van der Waals surface area contributed by atoms with Crippen LogP contribution in [0, 0.1) is 0 Å². The average molecular weight is 483 g/mol. The molecule has 0 aliphatic heterocycles. The molecule has 0 radical (unpaired) electrons. The molecule has 0 heterocycles. The van der Waals surface area contributed by atoms with Crippen molar-refractivity contribution >= 4 is 45.2 Å². The number of fused-ring (bicyclic) bond motifs is 3. The molecule has 1 aliphatic carbocycles. The van der Waals surface area contributed by atoms with Crippen molar-refractivity contribution in [2.75, 3.05) is 0 Å². The Labute approximate surface area is 213 Å². The van der Waals surface area contributed by atoms with Crippen LogP contribution in [0.15, 0.2) is 127 Å². The van der Waals surface area contributed by atoms with Gasteiger partial charge in [0, 0.05) is 22.3 Å². The second-order valence-corrected chi connectivity index (χ2v) is 8.59. The lowest BCUT2D eigenvalue weighted by Crippen LogP contribution is -2.00. The molecule has 0 amide bonds. The van der Waals surface area contributed by atoms with Crippen molar-refractivity contribution in [2.24, 2.45) is 0 Å². The van der Waals surface area contributed by atoms with Crippen LogP contribution in [0.2, 0.25) is 0 Å². The van der Waals surface area contributed by atoms with E-state index in [-0.39, 0.29) is 22.9 Å². The van der Waals surface area contributed by atoms with Crippen LogP contribution in [-0.4, -0.2) is 23.0 Å². The molecule has 0 bridgehead atoms. The first-order valence-electron chi connectivity index (χ1n) is 11.8. The topological polar surface area (TPSA) is 71.4 Å². The Hall–Kier alpha value is -5.09. The highest BCUT2D eigenvalue weighted by atomic mass is 16.3. The third kappa shape index (κ3) is 4.73. The molecule has 0 aromatic heterocycles. The maximum absolute atomic E-state index is 12.8. The third-order valence-electron chi connectivity index (χ3n) is 6.26. The maximum atomic E-state index is 12.8. The van der Waals surface area contributed by atoms with E-state index in [1.165, 1.54) is 6.08 Å². The van der Waals surface area contributed by atoms with Crippen LogP contribution in [-0.2, 0) is 0 Å². The zero-order chi connectivity index (χ0) is 25.8. The molecule has 4 heteroatoms. The third-order valence-corrected chi connectivity index (χ3v) is 6.26. The summed E-state index contributed by atoms with van der Waals surface area (Å²) in [6.45, 7) is 0. The van der Waals surface area contributed by atoms with Gasteiger partial charge in [0.15, 0.2) is 17.9 Å². The van der Waals surface area contributed by atoms with Crippen molar-refractivity contribution < 1.29 is 19.5 Å². The quantitative estimate of drug-likeness (QED) is 0.129. The molecule has 1 aliphatic rings. The second-order valence-electron chi connectivity index (χ2n) is 8.59. The van der Waals surface area contributed by atoms with E-state index in [0.29, 0.717) is 28.5 Å². The van der Waals surface area contributed by atoms with Crippen LogP contribution in [0.25, 0.3) is 27.3 Å². The van der Waals surface area contributed by atoms with E-state index in [9.17, 15) is 19.5 Å². The van der Waals surface area contributed by atoms with Crippen LogP contribution < -0.4 is 0 Å². The molecular formula is C33H22O4. The minimum absolute atomic E-state index is 0.0178. The molecule has 4 aromatic carbocycles. The van der Waals surface area contributed by atoms with E-state index in [0.717, 1.165) is 21.5 Å². The Bertz CT molecular complexity index is 1730. The number of hydrogen-bond donors (Lipinski definition) is 1. The van der Waals surface area contributed by atoms with E-state index in [4.69, 9.17) is 0 Å². The first-order chi connectivity index (χ1) is 18.1. The fourth-order valence-electron chi connectivity index (χ4n) is 4.39. The number of aliphatic hydroxyl groups excluding tert-OH is 1. The molecule has 4 nitrogen and oxygen atoms in total. The maximum Gasteiger partial charge on any atom is 0.197 e. The van der Waals surface area contributed by atoms with Crippen molar-refractivity contribution in [3.8, 4) is 0 Å². The van der Waals surface area contributed by atoms with Crippen LogP contribution in [0.5, 0.6) is 0 Å². The predicted octanol–water partition coefficient (Wildman–Crippen LogP) is 7.38.